The maximum atomic E-state index is 12.0. The zero-order chi connectivity index (χ0) is 16.6. The topological polar surface area (TPSA) is 82.2 Å². The Morgan fingerprint density at radius 1 is 1.17 bits per heavy atom. The van der Waals surface area contributed by atoms with Crippen molar-refractivity contribution in [2.24, 2.45) is 14.1 Å². The number of fused-ring (bicyclic) bond motifs is 1. The minimum atomic E-state index is -0.308. The Bertz CT molecular complexity index is 855. The molecule has 23 heavy (non-hydrogen) atoms. The van der Waals surface area contributed by atoms with Crippen molar-refractivity contribution in [3.63, 3.8) is 0 Å². The van der Waals surface area contributed by atoms with Gasteiger partial charge in [0.25, 0.3) is 5.56 Å². The van der Waals surface area contributed by atoms with Crippen LogP contribution >= 0.6 is 0 Å². The van der Waals surface area contributed by atoms with Crippen LogP contribution in [0.3, 0.4) is 0 Å². The van der Waals surface area contributed by atoms with Gasteiger partial charge >= 0.3 is 5.69 Å². The first-order valence-electron chi connectivity index (χ1n) is 7.37. The number of hydrogen-bond acceptors (Lipinski definition) is 6. The molecule has 3 heterocycles. The van der Waals surface area contributed by atoms with E-state index in [2.05, 4.69) is 15.1 Å². The van der Waals surface area contributed by atoms with Crippen molar-refractivity contribution >= 4 is 0 Å². The highest BCUT2D eigenvalue weighted by Crippen LogP contribution is 2.20. The minimum Gasteiger partial charge on any atom is -0.480 e. The molecule has 2 aromatic rings. The maximum Gasteiger partial charge on any atom is 0.330 e. The summed E-state index contributed by atoms with van der Waals surface area (Å²) in [5.41, 5.74) is 2.15. The van der Waals surface area contributed by atoms with Crippen LogP contribution in [0.5, 0.6) is 5.88 Å². The summed E-state index contributed by atoms with van der Waals surface area (Å²) in [7, 11) is 4.73. The lowest BCUT2D eigenvalue weighted by Crippen LogP contribution is -2.40. The summed E-state index contributed by atoms with van der Waals surface area (Å²) in [4.78, 5) is 26.0. The highest BCUT2D eigenvalue weighted by atomic mass is 16.5. The van der Waals surface area contributed by atoms with Gasteiger partial charge in [-0.3, -0.25) is 18.8 Å². The molecule has 0 N–H and O–H groups in total. The molecule has 0 radical (unpaired) electrons. The van der Waals surface area contributed by atoms with Gasteiger partial charge in [0, 0.05) is 58.0 Å². The fourth-order valence-corrected chi connectivity index (χ4v) is 2.76. The summed E-state index contributed by atoms with van der Waals surface area (Å²) in [6, 6.07) is 3.40. The standard InChI is InChI=1S/C15H19N5O3/c1-18-11(7-14(21)19(2)15(18)22)9-20-5-4-12-10(8-20)6-13(23-3)17-16-12/h6-7H,4-5,8-9H2,1-3H3. The van der Waals surface area contributed by atoms with Gasteiger partial charge in [-0.1, -0.05) is 0 Å². The van der Waals surface area contributed by atoms with E-state index in [4.69, 9.17) is 4.74 Å². The van der Waals surface area contributed by atoms with E-state index in [0.717, 1.165) is 28.8 Å². The molecule has 0 spiro atoms. The van der Waals surface area contributed by atoms with E-state index in [9.17, 15) is 9.59 Å². The molecular weight excluding hydrogens is 298 g/mol. The van der Waals surface area contributed by atoms with Crippen LogP contribution in [0, 0.1) is 0 Å². The van der Waals surface area contributed by atoms with Gasteiger partial charge in [-0.2, -0.15) is 5.10 Å². The molecule has 1 aliphatic rings. The third kappa shape index (κ3) is 2.89. The van der Waals surface area contributed by atoms with Gasteiger partial charge in [-0.25, -0.2) is 4.79 Å². The number of rotatable bonds is 3. The Hall–Kier alpha value is -2.48. The van der Waals surface area contributed by atoms with Gasteiger partial charge < -0.3 is 4.74 Å². The monoisotopic (exact) mass is 317 g/mol. The first-order chi connectivity index (χ1) is 11.0. The highest BCUT2D eigenvalue weighted by molar-refractivity contribution is 5.26. The molecule has 3 rings (SSSR count). The molecule has 0 saturated carbocycles. The van der Waals surface area contributed by atoms with Crippen molar-refractivity contribution in [3.8, 4) is 5.88 Å². The van der Waals surface area contributed by atoms with Crippen LogP contribution in [0.4, 0.5) is 0 Å². The van der Waals surface area contributed by atoms with Gasteiger partial charge in [0.05, 0.1) is 12.8 Å². The summed E-state index contributed by atoms with van der Waals surface area (Å²) in [5, 5.41) is 8.17. The number of methoxy groups -OCH3 is 1. The van der Waals surface area contributed by atoms with E-state index in [-0.39, 0.29) is 11.2 Å². The average molecular weight is 317 g/mol. The minimum absolute atomic E-state index is 0.284. The van der Waals surface area contributed by atoms with Crippen LogP contribution in [0.1, 0.15) is 17.0 Å². The number of aromatic nitrogens is 4. The van der Waals surface area contributed by atoms with Gasteiger partial charge in [-0.15, -0.1) is 5.10 Å². The zero-order valence-corrected chi connectivity index (χ0v) is 13.4. The van der Waals surface area contributed by atoms with Crippen molar-refractivity contribution < 1.29 is 4.74 Å². The fourth-order valence-electron chi connectivity index (χ4n) is 2.76. The molecule has 0 aromatic carbocycles. The molecule has 0 fully saturated rings. The largest absolute Gasteiger partial charge is 0.480 e. The first-order valence-corrected chi connectivity index (χ1v) is 7.37. The molecule has 0 bridgehead atoms. The van der Waals surface area contributed by atoms with Crippen molar-refractivity contribution in [2.45, 2.75) is 19.5 Å². The fraction of sp³-hybridized carbons (Fsp3) is 0.467. The zero-order valence-electron chi connectivity index (χ0n) is 13.4. The van der Waals surface area contributed by atoms with Crippen molar-refractivity contribution in [3.05, 3.63) is 49.9 Å². The van der Waals surface area contributed by atoms with Crippen LogP contribution < -0.4 is 16.0 Å². The number of ether oxygens (including phenoxy) is 1. The second kappa shape index (κ2) is 5.96. The molecule has 0 aliphatic carbocycles. The molecule has 0 saturated heterocycles. The van der Waals surface area contributed by atoms with E-state index in [1.54, 1.807) is 14.2 Å². The summed E-state index contributed by atoms with van der Waals surface area (Å²) < 4.78 is 7.74. The molecule has 2 aromatic heterocycles. The van der Waals surface area contributed by atoms with Crippen molar-refractivity contribution in [2.75, 3.05) is 13.7 Å². The Labute approximate surface area is 133 Å². The van der Waals surface area contributed by atoms with Crippen LogP contribution in [0.15, 0.2) is 21.7 Å². The highest BCUT2D eigenvalue weighted by Gasteiger charge is 2.20. The smallest absolute Gasteiger partial charge is 0.330 e. The number of hydrogen-bond donors (Lipinski definition) is 0. The van der Waals surface area contributed by atoms with Crippen LogP contribution in [0.25, 0.3) is 0 Å². The second-order valence-electron chi connectivity index (χ2n) is 5.69. The summed E-state index contributed by atoms with van der Waals surface area (Å²) in [6.45, 7) is 2.02. The van der Waals surface area contributed by atoms with Gasteiger partial charge in [0.2, 0.25) is 5.88 Å². The Kier molecular flexibility index (Phi) is 3.99. The summed E-state index contributed by atoms with van der Waals surface area (Å²) in [6.07, 6.45) is 0.783. The SMILES string of the molecule is COc1cc2c(nn1)CCN(Cc1cc(=O)n(C)c(=O)n1C)C2. The van der Waals surface area contributed by atoms with E-state index in [1.165, 1.54) is 17.7 Å². The maximum absolute atomic E-state index is 12.0. The molecule has 1 aliphatic heterocycles. The van der Waals surface area contributed by atoms with Gasteiger partial charge in [0.15, 0.2) is 0 Å². The Morgan fingerprint density at radius 3 is 2.70 bits per heavy atom. The molecule has 8 nitrogen and oxygen atoms in total. The number of nitrogens with zero attached hydrogens (tertiary/aromatic N) is 5. The summed E-state index contributed by atoms with van der Waals surface area (Å²) >= 11 is 0. The third-order valence-electron chi connectivity index (χ3n) is 4.22. The first kappa shape index (κ1) is 15.4. The van der Waals surface area contributed by atoms with Crippen LogP contribution in [-0.2, 0) is 33.6 Å². The molecular formula is C15H19N5O3. The molecule has 0 unspecified atom stereocenters. The van der Waals surface area contributed by atoms with Gasteiger partial charge in [0.1, 0.15) is 0 Å². The van der Waals surface area contributed by atoms with E-state index in [0.29, 0.717) is 24.7 Å². The quantitative estimate of drug-likeness (QED) is 0.755. The molecule has 0 atom stereocenters. The van der Waals surface area contributed by atoms with E-state index >= 15 is 0 Å². The Morgan fingerprint density at radius 2 is 1.96 bits per heavy atom. The average Bonchev–Trinajstić information content (AvgIpc) is 2.57. The molecule has 122 valence electrons. The Balaban J connectivity index is 1.85. The molecule has 8 heteroatoms. The second-order valence-corrected chi connectivity index (χ2v) is 5.69. The lowest BCUT2D eigenvalue weighted by atomic mass is 10.1. The van der Waals surface area contributed by atoms with Crippen LogP contribution in [0.2, 0.25) is 0 Å². The van der Waals surface area contributed by atoms with Crippen molar-refractivity contribution in [1.29, 1.82) is 0 Å². The predicted octanol–water partition coefficient (Wildman–Crippen LogP) is -0.559. The van der Waals surface area contributed by atoms with E-state index < -0.39 is 0 Å². The van der Waals surface area contributed by atoms with Crippen molar-refractivity contribution in [1.82, 2.24) is 24.2 Å². The normalized spacial score (nSPS) is 14.6. The lowest BCUT2D eigenvalue weighted by molar-refractivity contribution is 0.234. The van der Waals surface area contributed by atoms with Gasteiger partial charge in [-0.05, 0) is 5.56 Å². The lowest BCUT2D eigenvalue weighted by Gasteiger charge is -2.28. The molecule has 0 amide bonds. The summed E-state index contributed by atoms with van der Waals surface area (Å²) in [5.74, 6) is 0.492. The van der Waals surface area contributed by atoms with Crippen LogP contribution in [-0.4, -0.2) is 37.9 Å². The predicted molar refractivity (Wildman–Crippen MR) is 83.3 cm³/mol. The third-order valence-corrected chi connectivity index (χ3v) is 4.22. The van der Waals surface area contributed by atoms with E-state index in [1.807, 2.05) is 6.07 Å².